The maximum atomic E-state index is 12.5. The number of hydrogen-bond donors (Lipinski definition) is 4. The molecule has 78 valence electrons. The summed E-state index contributed by atoms with van der Waals surface area (Å²) in [5.74, 6) is -0.758. The molecule has 0 aliphatic rings. The molecule has 1 aromatic rings. The molecule has 14 heavy (non-hydrogen) atoms. The number of anilines is 1. The van der Waals surface area contributed by atoms with Gasteiger partial charge in [0.1, 0.15) is 11.6 Å². The molecule has 0 aromatic heterocycles. The summed E-state index contributed by atoms with van der Waals surface area (Å²) >= 11 is 0. The number of aliphatic hydroxyl groups excluding tert-OH is 2. The second-order valence-electron chi connectivity index (χ2n) is 2.88. The number of rotatable bonds is 4. The van der Waals surface area contributed by atoms with Crippen LogP contribution in [0.5, 0.6) is 5.75 Å². The summed E-state index contributed by atoms with van der Waals surface area (Å²) in [7, 11) is 0. The van der Waals surface area contributed by atoms with Gasteiger partial charge in [-0.15, -0.1) is 0 Å². The van der Waals surface area contributed by atoms with Crippen molar-refractivity contribution in [2.45, 2.75) is 6.10 Å². The lowest BCUT2D eigenvalue weighted by atomic mass is 10.2. The largest absolute Gasteiger partial charge is 0.506 e. The van der Waals surface area contributed by atoms with Gasteiger partial charge < -0.3 is 20.6 Å². The highest BCUT2D eigenvalue weighted by atomic mass is 19.1. The number of phenolic OH excluding ortho intramolecular Hbond substituents is 1. The van der Waals surface area contributed by atoms with Crippen LogP contribution in [0.25, 0.3) is 0 Å². The van der Waals surface area contributed by atoms with Crippen LogP contribution in [0.15, 0.2) is 18.2 Å². The van der Waals surface area contributed by atoms with E-state index in [-0.39, 0.29) is 18.9 Å². The molecule has 1 unspecified atom stereocenters. The molecule has 1 rings (SSSR count). The highest BCUT2D eigenvalue weighted by Gasteiger charge is 2.05. The van der Waals surface area contributed by atoms with Crippen molar-refractivity contribution in [2.75, 3.05) is 18.5 Å². The van der Waals surface area contributed by atoms with Crippen LogP contribution in [0.2, 0.25) is 0 Å². The van der Waals surface area contributed by atoms with E-state index in [2.05, 4.69) is 5.32 Å². The van der Waals surface area contributed by atoms with Crippen molar-refractivity contribution in [2.24, 2.45) is 0 Å². The third-order valence-electron chi connectivity index (χ3n) is 1.70. The van der Waals surface area contributed by atoms with Gasteiger partial charge in [-0.1, -0.05) is 0 Å². The molecule has 0 bridgehead atoms. The molecule has 0 amide bonds. The zero-order valence-electron chi connectivity index (χ0n) is 7.44. The first-order valence-corrected chi connectivity index (χ1v) is 4.15. The van der Waals surface area contributed by atoms with E-state index < -0.39 is 11.9 Å². The van der Waals surface area contributed by atoms with Crippen LogP contribution >= 0.6 is 0 Å². The maximum absolute atomic E-state index is 12.5. The van der Waals surface area contributed by atoms with Crippen molar-refractivity contribution in [3.05, 3.63) is 24.0 Å². The van der Waals surface area contributed by atoms with Crippen molar-refractivity contribution in [1.29, 1.82) is 0 Å². The normalized spacial score (nSPS) is 12.5. The highest BCUT2D eigenvalue weighted by molar-refractivity contribution is 5.55. The van der Waals surface area contributed by atoms with Crippen molar-refractivity contribution in [3.8, 4) is 5.75 Å². The number of halogens is 1. The first-order chi connectivity index (χ1) is 6.63. The van der Waals surface area contributed by atoms with Crippen LogP contribution in [-0.2, 0) is 0 Å². The topological polar surface area (TPSA) is 72.7 Å². The van der Waals surface area contributed by atoms with Gasteiger partial charge in [0.15, 0.2) is 0 Å². The molecule has 0 radical (unpaired) electrons. The van der Waals surface area contributed by atoms with Crippen LogP contribution in [0.3, 0.4) is 0 Å². The fraction of sp³-hybridized carbons (Fsp3) is 0.333. The standard InChI is InChI=1S/C9H12FNO3/c10-6-1-2-8(9(14)3-6)11-4-7(13)5-12/h1-3,7,11-14H,4-5H2. The molecule has 0 spiro atoms. The van der Waals surface area contributed by atoms with E-state index in [1.807, 2.05) is 0 Å². The predicted octanol–water partition coefficient (Wildman–Crippen LogP) is 0.296. The minimum atomic E-state index is -0.903. The van der Waals surface area contributed by atoms with Gasteiger partial charge >= 0.3 is 0 Å². The molecule has 0 heterocycles. The smallest absolute Gasteiger partial charge is 0.141 e. The average Bonchev–Trinajstić information content (AvgIpc) is 2.16. The molecule has 4 N–H and O–H groups in total. The van der Waals surface area contributed by atoms with E-state index in [4.69, 9.17) is 10.2 Å². The molecular weight excluding hydrogens is 189 g/mol. The molecule has 4 nitrogen and oxygen atoms in total. The lowest BCUT2D eigenvalue weighted by Gasteiger charge is -2.11. The van der Waals surface area contributed by atoms with Crippen LogP contribution < -0.4 is 5.32 Å². The summed E-state index contributed by atoms with van der Waals surface area (Å²) in [4.78, 5) is 0. The van der Waals surface area contributed by atoms with Gasteiger partial charge in [0.2, 0.25) is 0 Å². The number of aliphatic hydroxyl groups is 2. The summed E-state index contributed by atoms with van der Waals surface area (Å²) in [6.45, 7) is -0.273. The Morgan fingerprint density at radius 2 is 2.14 bits per heavy atom. The van der Waals surface area contributed by atoms with Gasteiger partial charge in [-0.05, 0) is 12.1 Å². The van der Waals surface area contributed by atoms with Crippen LogP contribution in [-0.4, -0.2) is 34.6 Å². The van der Waals surface area contributed by atoms with Crippen molar-refractivity contribution in [3.63, 3.8) is 0 Å². The summed E-state index contributed by atoms with van der Waals surface area (Å²) in [5, 5.41) is 29.4. The van der Waals surface area contributed by atoms with Crippen LogP contribution in [0.1, 0.15) is 0 Å². The second kappa shape index (κ2) is 4.78. The van der Waals surface area contributed by atoms with Gasteiger partial charge in [0, 0.05) is 12.6 Å². The van der Waals surface area contributed by atoms with Gasteiger partial charge in [-0.2, -0.15) is 0 Å². The van der Waals surface area contributed by atoms with Crippen molar-refractivity contribution >= 4 is 5.69 Å². The Balaban J connectivity index is 2.59. The number of phenols is 1. The molecule has 1 aromatic carbocycles. The minimum absolute atomic E-state index is 0.0929. The molecule has 0 fully saturated rings. The second-order valence-corrected chi connectivity index (χ2v) is 2.88. The van der Waals surface area contributed by atoms with Gasteiger partial charge in [-0.25, -0.2) is 4.39 Å². The lowest BCUT2D eigenvalue weighted by molar-refractivity contribution is 0.105. The summed E-state index contributed by atoms with van der Waals surface area (Å²) < 4.78 is 12.5. The minimum Gasteiger partial charge on any atom is -0.506 e. The highest BCUT2D eigenvalue weighted by Crippen LogP contribution is 2.23. The average molecular weight is 201 g/mol. The molecular formula is C9H12FNO3. The number of benzene rings is 1. The van der Waals surface area contributed by atoms with E-state index in [1.165, 1.54) is 12.1 Å². The lowest BCUT2D eigenvalue weighted by Crippen LogP contribution is -2.22. The summed E-state index contributed by atoms with van der Waals surface area (Å²) in [5.41, 5.74) is 0.318. The van der Waals surface area contributed by atoms with E-state index in [9.17, 15) is 9.50 Å². The van der Waals surface area contributed by atoms with Gasteiger partial charge in [0.25, 0.3) is 0 Å². The Hall–Kier alpha value is -1.33. The SMILES string of the molecule is OCC(O)CNc1ccc(F)cc1O. The fourth-order valence-corrected chi connectivity index (χ4v) is 0.947. The zero-order chi connectivity index (χ0) is 10.6. The van der Waals surface area contributed by atoms with Crippen LogP contribution in [0, 0.1) is 5.82 Å². The van der Waals surface area contributed by atoms with Crippen molar-refractivity contribution < 1.29 is 19.7 Å². The third-order valence-corrected chi connectivity index (χ3v) is 1.70. The van der Waals surface area contributed by atoms with Gasteiger partial charge in [-0.3, -0.25) is 0 Å². The summed E-state index contributed by atoms with van der Waals surface area (Å²) in [6.07, 6.45) is -0.903. The zero-order valence-corrected chi connectivity index (χ0v) is 7.44. The molecule has 0 aliphatic heterocycles. The first kappa shape index (κ1) is 10.7. The molecule has 1 atom stereocenters. The van der Waals surface area contributed by atoms with E-state index in [0.29, 0.717) is 5.69 Å². The number of nitrogens with one attached hydrogen (secondary N) is 1. The number of aromatic hydroxyl groups is 1. The summed E-state index contributed by atoms with van der Waals surface area (Å²) in [6, 6.07) is 3.51. The first-order valence-electron chi connectivity index (χ1n) is 4.15. The Labute approximate surface area is 80.6 Å². The number of hydrogen-bond acceptors (Lipinski definition) is 4. The quantitative estimate of drug-likeness (QED) is 0.528. The predicted molar refractivity (Wildman–Crippen MR) is 49.6 cm³/mol. The molecule has 5 heteroatoms. The Bertz CT molecular complexity index is 306. The monoisotopic (exact) mass is 201 g/mol. The Morgan fingerprint density at radius 3 is 2.71 bits per heavy atom. The molecule has 0 aliphatic carbocycles. The fourth-order valence-electron chi connectivity index (χ4n) is 0.947. The molecule has 0 saturated carbocycles. The van der Waals surface area contributed by atoms with Crippen molar-refractivity contribution in [1.82, 2.24) is 0 Å². The Morgan fingerprint density at radius 1 is 1.43 bits per heavy atom. The Kier molecular flexibility index (Phi) is 3.67. The van der Waals surface area contributed by atoms with E-state index in [1.54, 1.807) is 0 Å². The third kappa shape index (κ3) is 2.86. The molecule has 0 saturated heterocycles. The van der Waals surface area contributed by atoms with Crippen LogP contribution in [0.4, 0.5) is 10.1 Å². The van der Waals surface area contributed by atoms with Gasteiger partial charge in [0.05, 0.1) is 18.4 Å². The van der Waals surface area contributed by atoms with E-state index >= 15 is 0 Å². The maximum Gasteiger partial charge on any atom is 0.141 e. The van der Waals surface area contributed by atoms with E-state index in [0.717, 1.165) is 6.07 Å².